The van der Waals surface area contributed by atoms with E-state index in [2.05, 4.69) is 25.4 Å². The number of hydrogen-bond acceptors (Lipinski definition) is 20. The second-order valence-electron chi connectivity index (χ2n) is 20.9. The number of nitrogens with one attached hydrogen (secondary N) is 3. The van der Waals surface area contributed by atoms with E-state index in [9.17, 15) is 70.6 Å². The Morgan fingerprint density at radius 1 is 0.607 bits per heavy atom. The number of nitrogens with zero attached hydrogens (tertiary/aromatic N) is 7. The lowest BCUT2D eigenvalue weighted by Gasteiger charge is -2.34. The molecule has 0 spiro atoms. The van der Waals surface area contributed by atoms with Crippen LogP contribution in [0.4, 0.5) is 5.69 Å². The zero-order valence-electron chi connectivity index (χ0n) is 51.2. The smallest absolute Gasteiger partial charge is 0.295 e. The molecule has 2 aromatic rings. The average molecular weight is 1290 g/mol. The van der Waals surface area contributed by atoms with E-state index in [0.717, 1.165) is 42.6 Å². The van der Waals surface area contributed by atoms with Crippen LogP contribution < -0.4 is 30.8 Å². The lowest BCUT2D eigenvalue weighted by atomic mass is 9.92. The van der Waals surface area contributed by atoms with Crippen molar-refractivity contribution < 1.29 is 93.9 Å². The Balaban J connectivity index is 1.32. The van der Waals surface area contributed by atoms with Crippen molar-refractivity contribution in [1.29, 1.82) is 0 Å². The second-order valence-corrected chi connectivity index (χ2v) is 24.2. The van der Waals surface area contributed by atoms with E-state index in [4.69, 9.17) is 23.4 Å². The van der Waals surface area contributed by atoms with E-state index in [1.807, 2.05) is 64.1 Å². The number of ether oxygens (including phenoxy) is 4. The maximum atomic E-state index is 14.4. The molecular formula is C57H83N10O20S2+. The average Bonchev–Trinajstić information content (AvgIpc) is 0.794. The van der Waals surface area contributed by atoms with Gasteiger partial charge in [-0.3, -0.25) is 53.7 Å². The van der Waals surface area contributed by atoms with Crippen molar-refractivity contribution in [2.24, 2.45) is 5.41 Å². The first-order valence-corrected chi connectivity index (χ1v) is 31.8. The monoisotopic (exact) mass is 1290 g/mol. The summed E-state index contributed by atoms with van der Waals surface area (Å²) in [5.74, 6) is -4.12. The predicted molar refractivity (Wildman–Crippen MR) is 320 cm³/mol. The molecule has 0 aromatic heterocycles. The summed E-state index contributed by atoms with van der Waals surface area (Å²) in [6.07, 6.45) is -0.948. The highest BCUT2D eigenvalue weighted by Crippen LogP contribution is 2.44. The SMILES string of the molecule is CCN(CC)c1ccc2c(-c3ccc(S(=O)(=O)N4CCN(C(=O)CCOCC(COCCC(=O)NCC(=O)N(C)O)(COCCC(=O)NCC(=O)N(C)O)COCCC(=O)NCC(=O)N(C)O)CC4)cc3S(=O)(=O)O)c3ccc(=[N+](CC)CC)cc-3oc2c1. The maximum absolute atomic E-state index is 14.4. The first kappa shape index (κ1) is 72.5. The Bertz CT molecular complexity index is 3270. The molecule has 7 amide bonds. The van der Waals surface area contributed by atoms with Gasteiger partial charge in [0.25, 0.3) is 27.8 Å². The number of benzene rings is 3. The molecule has 30 nitrogen and oxygen atoms in total. The summed E-state index contributed by atoms with van der Waals surface area (Å²) in [6.45, 7) is 7.06. The molecule has 89 heavy (non-hydrogen) atoms. The van der Waals surface area contributed by atoms with Gasteiger partial charge in [0, 0.05) is 120 Å². The number of fused-ring (bicyclic) bond motifs is 2. The zero-order valence-corrected chi connectivity index (χ0v) is 52.9. The van der Waals surface area contributed by atoms with Crippen LogP contribution in [0.3, 0.4) is 0 Å². The van der Waals surface area contributed by atoms with E-state index in [1.165, 1.54) is 17.0 Å². The molecule has 0 saturated carbocycles. The summed E-state index contributed by atoms with van der Waals surface area (Å²) in [5.41, 5.74) is 0.972. The zero-order chi connectivity index (χ0) is 65.6. The van der Waals surface area contributed by atoms with Crippen LogP contribution in [0.25, 0.3) is 33.4 Å². The van der Waals surface area contributed by atoms with Gasteiger partial charge in [-0.2, -0.15) is 12.7 Å². The molecule has 492 valence electrons. The van der Waals surface area contributed by atoms with Gasteiger partial charge in [-0.25, -0.2) is 28.2 Å². The highest BCUT2D eigenvalue weighted by Gasteiger charge is 2.35. The van der Waals surface area contributed by atoms with Gasteiger partial charge in [0.05, 0.1) is 95.3 Å². The van der Waals surface area contributed by atoms with Crippen LogP contribution >= 0.6 is 0 Å². The molecule has 2 aromatic carbocycles. The Hall–Kier alpha value is -7.24. The number of amides is 7. The van der Waals surface area contributed by atoms with Gasteiger partial charge in [0.2, 0.25) is 39.0 Å². The number of piperazine rings is 1. The molecule has 2 heterocycles. The molecular weight excluding hydrogens is 1210 g/mol. The van der Waals surface area contributed by atoms with E-state index < -0.39 is 96.3 Å². The molecule has 2 aliphatic heterocycles. The summed E-state index contributed by atoms with van der Waals surface area (Å²) in [4.78, 5) is 89.1. The summed E-state index contributed by atoms with van der Waals surface area (Å²) < 4.78 is 100. The van der Waals surface area contributed by atoms with Crippen molar-refractivity contribution in [3.8, 4) is 22.5 Å². The van der Waals surface area contributed by atoms with Crippen LogP contribution in [0.1, 0.15) is 53.4 Å². The molecule has 0 unspecified atom stereocenters. The van der Waals surface area contributed by atoms with Gasteiger partial charge >= 0.3 is 0 Å². The topological polar surface area (TPSA) is 377 Å². The van der Waals surface area contributed by atoms with Crippen LogP contribution in [0.5, 0.6) is 0 Å². The number of carbonyl (C=O) groups is 7. The van der Waals surface area contributed by atoms with Crippen molar-refractivity contribution >= 4 is 78.1 Å². The number of hydrogen-bond donors (Lipinski definition) is 7. The van der Waals surface area contributed by atoms with Gasteiger partial charge in [-0.05, 0) is 58.0 Å². The summed E-state index contributed by atoms with van der Waals surface area (Å²) in [6, 6.07) is 14.7. The fourth-order valence-electron chi connectivity index (χ4n) is 9.49. The minimum Gasteiger partial charge on any atom is -0.456 e. The quantitative estimate of drug-likeness (QED) is 0.00821. The fraction of sp³-hybridized carbons (Fsp3) is 0.544. The van der Waals surface area contributed by atoms with Crippen LogP contribution in [0.15, 0.2) is 68.8 Å². The van der Waals surface area contributed by atoms with E-state index in [0.29, 0.717) is 69.2 Å². The van der Waals surface area contributed by atoms with Gasteiger partial charge in [0.15, 0.2) is 0 Å². The molecule has 1 saturated heterocycles. The highest BCUT2D eigenvalue weighted by atomic mass is 32.2. The lowest BCUT2D eigenvalue weighted by molar-refractivity contribution is -0.158. The van der Waals surface area contributed by atoms with Crippen molar-refractivity contribution in [1.82, 2.24) is 44.9 Å². The van der Waals surface area contributed by atoms with Gasteiger partial charge in [-0.15, -0.1) is 0 Å². The molecule has 7 N–H and O–H groups in total. The Morgan fingerprint density at radius 3 is 1.51 bits per heavy atom. The highest BCUT2D eigenvalue weighted by molar-refractivity contribution is 7.89. The molecule has 1 aliphatic carbocycles. The van der Waals surface area contributed by atoms with Crippen molar-refractivity contribution in [2.75, 3.05) is 151 Å². The minimum atomic E-state index is -5.09. The van der Waals surface area contributed by atoms with Crippen LogP contribution in [-0.2, 0) is 72.7 Å². The third-order valence-electron chi connectivity index (χ3n) is 14.6. The largest absolute Gasteiger partial charge is 0.456 e. The van der Waals surface area contributed by atoms with Crippen LogP contribution in [0.2, 0.25) is 0 Å². The van der Waals surface area contributed by atoms with Crippen molar-refractivity contribution in [3.63, 3.8) is 0 Å². The van der Waals surface area contributed by atoms with E-state index in [1.54, 1.807) is 0 Å². The molecule has 1 fully saturated rings. The van der Waals surface area contributed by atoms with Crippen molar-refractivity contribution in [3.05, 3.63) is 60.0 Å². The standard InChI is InChI=1S/C57H82N10O20S2/c1-8-64(9-2)40-12-15-43-46(30-40)87-47-31-41(65(10-3)11-4)13-16-44(47)56(43)45-17-14-42(32-48(45)89(80,81)82)88(78,79)67-24-22-66(23-25-67)52(71)21-29-86-39-57(36-83-26-18-49(68)58-33-53(72)61(5)75,37-84-27-19-50(69)59-34-54(73)62(6)76)38-85-28-20-51(70)60-35-55(74)63(7)77/h12-17,30-32,75-77H,8-11,18-29,33-39H2,1-7H3,(H3-,58,59,60,68,69,70,80,81,82)/p+1. The van der Waals surface area contributed by atoms with Crippen LogP contribution in [0, 0.1) is 5.41 Å². The summed E-state index contributed by atoms with van der Waals surface area (Å²) >= 11 is 0. The number of sulfonamides is 1. The number of anilines is 1. The fourth-order valence-corrected chi connectivity index (χ4v) is 11.7. The lowest BCUT2D eigenvalue weighted by Crippen LogP contribution is -2.50. The Kier molecular flexibility index (Phi) is 27.8. The maximum Gasteiger partial charge on any atom is 0.295 e. The summed E-state index contributed by atoms with van der Waals surface area (Å²) in [7, 11) is -6.26. The molecule has 3 aliphatic rings. The molecule has 0 atom stereocenters. The van der Waals surface area contributed by atoms with Crippen LogP contribution in [-0.4, -0.2) is 249 Å². The third kappa shape index (κ3) is 20.9. The second kappa shape index (κ2) is 34.1. The molecule has 5 rings (SSSR count). The van der Waals surface area contributed by atoms with Gasteiger partial charge in [-0.1, -0.05) is 6.07 Å². The Morgan fingerprint density at radius 2 is 1.07 bits per heavy atom. The number of hydroxylamine groups is 6. The normalized spacial score (nSPS) is 13.0. The van der Waals surface area contributed by atoms with Crippen molar-refractivity contribution in [2.45, 2.75) is 63.2 Å². The predicted octanol–water partition coefficient (Wildman–Crippen LogP) is 0.447. The minimum absolute atomic E-state index is 0.0428. The number of likely N-dealkylation sites (N-methyl/N-ethyl adjacent to an activating group) is 3. The molecule has 0 bridgehead atoms. The first-order chi connectivity index (χ1) is 42.2. The molecule has 32 heteroatoms. The first-order valence-electron chi connectivity index (χ1n) is 28.9. The Labute approximate surface area is 516 Å². The van der Waals surface area contributed by atoms with E-state index in [-0.39, 0.29) is 110 Å². The van der Waals surface area contributed by atoms with Gasteiger partial charge in [0.1, 0.15) is 29.3 Å². The molecule has 0 radical (unpaired) electrons. The number of rotatable bonds is 35. The van der Waals surface area contributed by atoms with Gasteiger partial charge < -0.3 is 49.1 Å². The third-order valence-corrected chi connectivity index (χ3v) is 17.4. The van der Waals surface area contributed by atoms with E-state index >= 15 is 0 Å². The number of carbonyl (C=O) groups excluding carboxylic acids is 7. The summed E-state index contributed by atoms with van der Waals surface area (Å²) in [5, 5.41) is 37.3.